The summed E-state index contributed by atoms with van der Waals surface area (Å²) in [6.45, 7) is 3.48. The van der Waals surface area contributed by atoms with Crippen molar-refractivity contribution < 1.29 is 13.9 Å². The normalized spacial score (nSPS) is 10.6. The number of ether oxygens (including phenoxy) is 1. The van der Waals surface area contributed by atoms with Crippen molar-refractivity contribution in [3.05, 3.63) is 71.3 Å². The average molecular weight is 311 g/mol. The lowest BCUT2D eigenvalue weighted by molar-refractivity contribution is 0.0726. The number of hydrogen-bond donors (Lipinski definition) is 0. The lowest BCUT2D eigenvalue weighted by atomic mass is 10.2. The van der Waals surface area contributed by atoms with E-state index in [4.69, 9.17) is 4.74 Å². The van der Waals surface area contributed by atoms with Crippen molar-refractivity contribution in [3.8, 4) is 11.4 Å². The quantitative estimate of drug-likeness (QED) is 0.550. The zero-order valence-corrected chi connectivity index (χ0v) is 12.7. The molecule has 0 unspecified atom stereocenters. The van der Waals surface area contributed by atoms with Gasteiger partial charge in [-0.3, -0.25) is 0 Å². The first-order chi connectivity index (χ1) is 11.1. The minimum atomic E-state index is -0.626. The summed E-state index contributed by atoms with van der Waals surface area (Å²) in [6.07, 6.45) is 0. The molecule has 23 heavy (non-hydrogen) atoms. The van der Waals surface area contributed by atoms with E-state index >= 15 is 0 Å². The Morgan fingerprint density at radius 2 is 1.78 bits per heavy atom. The molecule has 0 aliphatic rings. The van der Waals surface area contributed by atoms with Gasteiger partial charge in [-0.05, 0) is 37.6 Å². The summed E-state index contributed by atoms with van der Waals surface area (Å²) in [7, 11) is 0. The monoisotopic (exact) mass is 311 g/mol. The van der Waals surface area contributed by atoms with Gasteiger partial charge in [0.2, 0.25) is 0 Å². The van der Waals surface area contributed by atoms with E-state index in [0.29, 0.717) is 11.4 Å². The van der Waals surface area contributed by atoms with Gasteiger partial charge in [0.25, 0.3) is 0 Å². The van der Waals surface area contributed by atoms with Gasteiger partial charge >= 0.3 is 5.97 Å². The second-order valence-electron chi connectivity index (χ2n) is 5.04. The molecule has 3 rings (SSSR count). The van der Waals surface area contributed by atoms with Gasteiger partial charge in [-0.15, -0.1) is 5.10 Å². The number of aromatic nitrogens is 3. The lowest BCUT2D eigenvalue weighted by Gasteiger charge is -2.06. The van der Waals surface area contributed by atoms with Crippen LogP contribution in [-0.4, -0.2) is 21.0 Å². The highest BCUT2D eigenvalue weighted by Gasteiger charge is 2.21. The number of para-hydroxylation sites is 2. The number of nitrogens with zero attached hydrogens (tertiary/aromatic N) is 3. The van der Waals surface area contributed by atoms with Crippen LogP contribution in [-0.2, 0) is 0 Å². The minimum Gasteiger partial charge on any atom is -0.421 e. The maximum absolute atomic E-state index is 13.9. The van der Waals surface area contributed by atoms with Gasteiger partial charge in [-0.2, -0.15) is 0 Å². The van der Waals surface area contributed by atoms with Crippen LogP contribution < -0.4 is 4.74 Å². The molecule has 1 aromatic heterocycles. The summed E-state index contributed by atoms with van der Waals surface area (Å²) in [5.41, 5.74) is 1.53. The van der Waals surface area contributed by atoms with Gasteiger partial charge in [0.15, 0.2) is 5.69 Å². The SMILES string of the molecule is Cc1ccccc1OC(=O)c1nnn(-c2ccccc2F)c1C. The highest BCUT2D eigenvalue weighted by molar-refractivity contribution is 5.90. The second kappa shape index (κ2) is 6.00. The molecule has 0 aliphatic heterocycles. The number of hydrogen-bond acceptors (Lipinski definition) is 4. The number of aryl methyl sites for hydroxylation is 1. The molecule has 3 aromatic rings. The fraction of sp³-hybridized carbons (Fsp3) is 0.118. The summed E-state index contributed by atoms with van der Waals surface area (Å²) in [5.74, 6) is -0.615. The molecular formula is C17H14FN3O2. The molecule has 0 atom stereocenters. The molecule has 0 amide bonds. The van der Waals surface area contributed by atoms with Gasteiger partial charge in [0, 0.05) is 0 Å². The number of rotatable bonds is 3. The maximum Gasteiger partial charge on any atom is 0.366 e. The molecule has 0 N–H and O–H groups in total. The van der Waals surface area contributed by atoms with Crippen LogP contribution in [0.3, 0.4) is 0 Å². The predicted molar refractivity (Wildman–Crippen MR) is 82.2 cm³/mol. The summed E-state index contributed by atoms with van der Waals surface area (Å²) in [4.78, 5) is 12.3. The van der Waals surface area contributed by atoms with E-state index in [-0.39, 0.29) is 11.4 Å². The summed E-state index contributed by atoms with van der Waals surface area (Å²) in [5, 5.41) is 7.69. The third kappa shape index (κ3) is 2.83. The molecule has 0 radical (unpaired) electrons. The molecule has 1 heterocycles. The standard InChI is InChI=1S/C17H14FN3O2/c1-11-7-3-6-10-15(11)23-17(22)16-12(2)21(20-19-16)14-9-5-4-8-13(14)18/h3-10H,1-2H3. The van der Waals surface area contributed by atoms with E-state index in [1.54, 1.807) is 37.3 Å². The molecule has 0 spiro atoms. The fourth-order valence-electron chi connectivity index (χ4n) is 2.19. The second-order valence-corrected chi connectivity index (χ2v) is 5.04. The molecule has 116 valence electrons. The highest BCUT2D eigenvalue weighted by Crippen LogP contribution is 2.20. The Hall–Kier alpha value is -3.02. The minimum absolute atomic E-state index is 0.0523. The average Bonchev–Trinajstić information content (AvgIpc) is 2.92. The van der Waals surface area contributed by atoms with Crippen LogP contribution in [0.5, 0.6) is 5.75 Å². The number of halogens is 1. The van der Waals surface area contributed by atoms with Crippen molar-refractivity contribution in [2.24, 2.45) is 0 Å². The van der Waals surface area contributed by atoms with Gasteiger partial charge in [-0.25, -0.2) is 13.9 Å². The zero-order chi connectivity index (χ0) is 16.4. The van der Waals surface area contributed by atoms with Gasteiger partial charge < -0.3 is 4.74 Å². The van der Waals surface area contributed by atoms with Crippen molar-refractivity contribution >= 4 is 5.97 Å². The maximum atomic E-state index is 13.9. The Labute approximate surface area is 132 Å². The van der Waals surface area contributed by atoms with Crippen molar-refractivity contribution in [2.75, 3.05) is 0 Å². The van der Waals surface area contributed by atoms with E-state index in [1.165, 1.54) is 10.7 Å². The van der Waals surface area contributed by atoms with Gasteiger partial charge in [0.1, 0.15) is 17.3 Å². The van der Waals surface area contributed by atoms with Crippen LogP contribution in [0, 0.1) is 19.7 Å². The van der Waals surface area contributed by atoms with Crippen LogP contribution in [0.2, 0.25) is 0 Å². The highest BCUT2D eigenvalue weighted by atomic mass is 19.1. The molecule has 6 heteroatoms. The van der Waals surface area contributed by atoms with E-state index in [1.807, 2.05) is 19.1 Å². The molecule has 0 saturated heterocycles. The van der Waals surface area contributed by atoms with E-state index in [0.717, 1.165) is 5.56 Å². The first-order valence-electron chi connectivity index (χ1n) is 7.03. The number of carbonyl (C=O) groups excluding carboxylic acids is 1. The lowest BCUT2D eigenvalue weighted by Crippen LogP contribution is -2.12. The molecule has 0 aliphatic carbocycles. The summed E-state index contributed by atoms with van der Waals surface area (Å²) < 4.78 is 20.5. The van der Waals surface area contributed by atoms with Crippen molar-refractivity contribution in [1.29, 1.82) is 0 Å². The molecule has 0 saturated carbocycles. The topological polar surface area (TPSA) is 57.0 Å². The van der Waals surface area contributed by atoms with Crippen LogP contribution in [0.15, 0.2) is 48.5 Å². The van der Waals surface area contributed by atoms with E-state index in [9.17, 15) is 9.18 Å². The Kier molecular flexibility index (Phi) is 3.89. The zero-order valence-electron chi connectivity index (χ0n) is 12.7. The summed E-state index contributed by atoms with van der Waals surface area (Å²) in [6, 6.07) is 13.3. The molecule has 0 fully saturated rings. The Morgan fingerprint density at radius 3 is 2.52 bits per heavy atom. The van der Waals surface area contributed by atoms with Crippen LogP contribution in [0.4, 0.5) is 4.39 Å². The predicted octanol–water partition coefficient (Wildman–Crippen LogP) is 3.24. The van der Waals surface area contributed by atoms with Gasteiger partial charge in [-0.1, -0.05) is 35.5 Å². The molecular weight excluding hydrogens is 297 g/mol. The first-order valence-corrected chi connectivity index (χ1v) is 7.03. The third-order valence-electron chi connectivity index (χ3n) is 3.46. The largest absolute Gasteiger partial charge is 0.421 e. The number of esters is 1. The number of benzene rings is 2. The first kappa shape index (κ1) is 14.9. The number of carbonyl (C=O) groups is 1. The van der Waals surface area contributed by atoms with Crippen LogP contribution in [0.25, 0.3) is 5.69 Å². The van der Waals surface area contributed by atoms with E-state index < -0.39 is 11.8 Å². The molecule has 5 nitrogen and oxygen atoms in total. The Balaban J connectivity index is 1.92. The third-order valence-corrected chi connectivity index (χ3v) is 3.46. The molecule has 0 bridgehead atoms. The van der Waals surface area contributed by atoms with E-state index in [2.05, 4.69) is 10.3 Å². The van der Waals surface area contributed by atoms with Crippen LogP contribution in [0.1, 0.15) is 21.7 Å². The van der Waals surface area contributed by atoms with Crippen molar-refractivity contribution in [2.45, 2.75) is 13.8 Å². The molecule has 2 aromatic carbocycles. The van der Waals surface area contributed by atoms with Crippen LogP contribution >= 0.6 is 0 Å². The van der Waals surface area contributed by atoms with Gasteiger partial charge in [0.05, 0.1) is 5.69 Å². The van der Waals surface area contributed by atoms with Crippen molar-refractivity contribution in [3.63, 3.8) is 0 Å². The Bertz CT molecular complexity index is 874. The fourth-order valence-corrected chi connectivity index (χ4v) is 2.19. The summed E-state index contributed by atoms with van der Waals surface area (Å²) >= 11 is 0. The Morgan fingerprint density at radius 1 is 1.09 bits per heavy atom. The smallest absolute Gasteiger partial charge is 0.366 e. The van der Waals surface area contributed by atoms with Crippen molar-refractivity contribution in [1.82, 2.24) is 15.0 Å².